The van der Waals surface area contributed by atoms with Gasteiger partial charge in [0, 0.05) is 5.56 Å². The molecule has 0 fully saturated rings. The number of alkyl halides is 2. The third kappa shape index (κ3) is 2.04. The summed E-state index contributed by atoms with van der Waals surface area (Å²) < 4.78 is 37.5. The second-order valence-electron chi connectivity index (χ2n) is 2.42. The van der Waals surface area contributed by atoms with E-state index < -0.39 is 17.9 Å². The van der Waals surface area contributed by atoms with Crippen LogP contribution in [0.15, 0.2) is 10.7 Å². The molecule has 0 spiro atoms. The second kappa shape index (κ2) is 4.42. The molecule has 0 radical (unpaired) electrons. The Morgan fingerprint density at radius 3 is 2.71 bits per heavy atom. The van der Waals surface area contributed by atoms with Gasteiger partial charge in [-0.25, -0.2) is 13.2 Å². The van der Waals surface area contributed by atoms with E-state index in [1.165, 1.54) is 0 Å². The van der Waals surface area contributed by atoms with E-state index in [0.29, 0.717) is 6.20 Å². The first-order valence-corrected chi connectivity index (χ1v) is 4.35. The van der Waals surface area contributed by atoms with Crippen LogP contribution in [0.5, 0.6) is 0 Å². The highest BCUT2D eigenvalue weighted by Gasteiger charge is 2.19. The Labute approximate surface area is 86.5 Å². The first kappa shape index (κ1) is 11.0. The normalized spacial score (nSPS) is 10.3. The largest absolute Gasteiger partial charge is 0.280 e. The molecular weight excluding hydrogens is 261 g/mol. The van der Waals surface area contributed by atoms with Gasteiger partial charge in [-0.2, -0.15) is 5.26 Å². The van der Waals surface area contributed by atoms with Crippen molar-refractivity contribution in [2.75, 3.05) is 0 Å². The minimum Gasteiger partial charge on any atom is -0.252 e. The van der Waals surface area contributed by atoms with E-state index in [1.54, 1.807) is 6.07 Å². The fraction of sp³-hybridized carbons (Fsp3) is 0.250. The standard InChI is InChI=1S/C8H4BrF3N2/c9-6-4(1-2-13)7(8(11)12)14-3-5(6)10/h3,8H,1H2. The molecule has 0 N–H and O–H groups in total. The number of halogens is 4. The molecule has 0 saturated heterocycles. The maximum absolute atomic E-state index is 12.9. The average molecular weight is 265 g/mol. The third-order valence-corrected chi connectivity index (χ3v) is 2.42. The Morgan fingerprint density at radius 1 is 1.57 bits per heavy atom. The highest BCUT2D eigenvalue weighted by atomic mass is 79.9. The predicted molar refractivity (Wildman–Crippen MR) is 46.2 cm³/mol. The summed E-state index contributed by atoms with van der Waals surface area (Å²) >= 11 is 2.80. The van der Waals surface area contributed by atoms with Gasteiger partial charge in [0.25, 0.3) is 6.43 Å². The summed E-state index contributed by atoms with van der Waals surface area (Å²) in [6, 6.07) is 1.68. The van der Waals surface area contributed by atoms with Crippen LogP contribution in [0.4, 0.5) is 13.2 Å². The average Bonchev–Trinajstić information content (AvgIpc) is 2.13. The van der Waals surface area contributed by atoms with E-state index >= 15 is 0 Å². The molecule has 1 aromatic rings. The van der Waals surface area contributed by atoms with E-state index in [-0.39, 0.29) is 16.5 Å². The van der Waals surface area contributed by atoms with Gasteiger partial charge in [-0.15, -0.1) is 0 Å². The maximum atomic E-state index is 12.9. The van der Waals surface area contributed by atoms with Crippen LogP contribution in [0.2, 0.25) is 0 Å². The Morgan fingerprint density at radius 2 is 2.21 bits per heavy atom. The summed E-state index contributed by atoms with van der Waals surface area (Å²) in [7, 11) is 0. The minimum absolute atomic E-state index is 0.0949. The molecule has 0 atom stereocenters. The number of pyridine rings is 1. The van der Waals surface area contributed by atoms with Crippen molar-refractivity contribution in [1.29, 1.82) is 5.26 Å². The van der Waals surface area contributed by atoms with Gasteiger partial charge >= 0.3 is 0 Å². The summed E-state index contributed by atoms with van der Waals surface area (Å²) in [6.45, 7) is 0. The summed E-state index contributed by atoms with van der Waals surface area (Å²) in [5.41, 5.74) is -0.651. The van der Waals surface area contributed by atoms with Crippen molar-refractivity contribution in [2.24, 2.45) is 0 Å². The van der Waals surface area contributed by atoms with Gasteiger partial charge < -0.3 is 0 Å². The van der Waals surface area contributed by atoms with Gasteiger partial charge in [0.1, 0.15) is 5.69 Å². The van der Waals surface area contributed by atoms with Gasteiger partial charge in [-0.05, 0) is 15.9 Å². The summed E-state index contributed by atoms with van der Waals surface area (Å²) in [6.07, 6.45) is -2.41. The van der Waals surface area contributed by atoms with Crippen LogP contribution in [-0.4, -0.2) is 4.98 Å². The number of hydrogen-bond acceptors (Lipinski definition) is 2. The Kier molecular flexibility index (Phi) is 3.47. The molecule has 0 unspecified atom stereocenters. The lowest BCUT2D eigenvalue weighted by Crippen LogP contribution is -2.01. The van der Waals surface area contributed by atoms with E-state index in [9.17, 15) is 13.2 Å². The van der Waals surface area contributed by atoms with E-state index in [2.05, 4.69) is 20.9 Å². The molecule has 0 amide bonds. The third-order valence-electron chi connectivity index (χ3n) is 1.56. The predicted octanol–water partition coefficient (Wildman–Crippen LogP) is 2.99. The number of hydrogen-bond donors (Lipinski definition) is 0. The Balaban J connectivity index is 3.31. The lowest BCUT2D eigenvalue weighted by Gasteiger charge is -2.07. The summed E-state index contributed by atoms with van der Waals surface area (Å²) in [4.78, 5) is 3.25. The molecule has 1 aromatic heterocycles. The molecule has 0 aliphatic rings. The lowest BCUT2D eigenvalue weighted by atomic mass is 10.1. The molecule has 6 heteroatoms. The fourth-order valence-corrected chi connectivity index (χ4v) is 1.40. The SMILES string of the molecule is N#CCc1c(C(F)F)ncc(F)c1Br. The quantitative estimate of drug-likeness (QED) is 0.824. The van der Waals surface area contributed by atoms with Crippen molar-refractivity contribution in [3.8, 4) is 6.07 Å². The van der Waals surface area contributed by atoms with E-state index in [4.69, 9.17) is 5.26 Å². The highest BCUT2D eigenvalue weighted by Crippen LogP contribution is 2.28. The number of nitriles is 1. The molecule has 0 aromatic carbocycles. The molecule has 0 bridgehead atoms. The van der Waals surface area contributed by atoms with Crippen LogP contribution in [-0.2, 0) is 6.42 Å². The highest BCUT2D eigenvalue weighted by molar-refractivity contribution is 9.10. The summed E-state index contributed by atoms with van der Waals surface area (Å²) in [5, 5.41) is 8.38. The van der Waals surface area contributed by atoms with Crippen molar-refractivity contribution in [2.45, 2.75) is 12.8 Å². The Hall–Kier alpha value is -1.09. The second-order valence-corrected chi connectivity index (χ2v) is 3.21. The molecule has 1 rings (SSSR count). The molecule has 0 aliphatic heterocycles. The molecule has 1 heterocycles. The first-order chi connectivity index (χ1) is 6.57. The fourth-order valence-electron chi connectivity index (χ4n) is 0.953. The number of rotatable bonds is 2. The zero-order valence-electron chi connectivity index (χ0n) is 6.77. The van der Waals surface area contributed by atoms with Crippen molar-refractivity contribution in [3.05, 3.63) is 27.7 Å². The number of nitrogens with zero attached hydrogens (tertiary/aromatic N) is 2. The van der Waals surface area contributed by atoms with Crippen molar-refractivity contribution in [3.63, 3.8) is 0 Å². The monoisotopic (exact) mass is 264 g/mol. The van der Waals surface area contributed by atoms with Crippen LogP contribution in [0.1, 0.15) is 17.7 Å². The topological polar surface area (TPSA) is 36.7 Å². The van der Waals surface area contributed by atoms with Crippen molar-refractivity contribution >= 4 is 15.9 Å². The van der Waals surface area contributed by atoms with Crippen LogP contribution >= 0.6 is 15.9 Å². The molecule has 14 heavy (non-hydrogen) atoms. The van der Waals surface area contributed by atoms with Crippen LogP contribution in [0.3, 0.4) is 0 Å². The van der Waals surface area contributed by atoms with Crippen molar-refractivity contribution in [1.82, 2.24) is 4.98 Å². The van der Waals surface area contributed by atoms with E-state index in [1.807, 2.05) is 0 Å². The molecular formula is C8H4BrF3N2. The number of aromatic nitrogens is 1. The Bertz CT molecular complexity index is 387. The van der Waals surface area contributed by atoms with Crippen LogP contribution in [0.25, 0.3) is 0 Å². The van der Waals surface area contributed by atoms with Gasteiger partial charge in [0.05, 0.1) is 23.2 Å². The zero-order valence-corrected chi connectivity index (χ0v) is 8.35. The molecule has 2 nitrogen and oxygen atoms in total. The van der Waals surface area contributed by atoms with Crippen LogP contribution < -0.4 is 0 Å². The molecule has 0 aliphatic carbocycles. The minimum atomic E-state index is -2.81. The van der Waals surface area contributed by atoms with E-state index in [0.717, 1.165) is 0 Å². The molecule has 0 saturated carbocycles. The van der Waals surface area contributed by atoms with Crippen LogP contribution in [0, 0.1) is 17.1 Å². The zero-order chi connectivity index (χ0) is 10.7. The first-order valence-electron chi connectivity index (χ1n) is 3.55. The van der Waals surface area contributed by atoms with Gasteiger partial charge in [-0.1, -0.05) is 0 Å². The van der Waals surface area contributed by atoms with Gasteiger partial charge in [0.15, 0.2) is 5.82 Å². The molecule has 74 valence electrons. The maximum Gasteiger partial charge on any atom is 0.280 e. The lowest BCUT2D eigenvalue weighted by molar-refractivity contribution is 0.144. The van der Waals surface area contributed by atoms with Gasteiger partial charge in [-0.3, -0.25) is 4.98 Å². The summed E-state index contributed by atoms with van der Waals surface area (Å²) in [5.74, 6) is -0.750. The van der Waals surface area contributed by atoms with Gasteiger partial charge in [0.2, 0.25) is 0 Å². The smallest absolute Gasteiger partial charge is 0.252 e. The van der Waals surface area contributed by atoms with Crippen molar-refractivity contribution < 1.29 is 13.2 Å².